The molecule has 0 spiro atoms. The Hall–Kier alpha value is 0.0700. The molecule has 4 heteroatoms. The van der Waals surface area contributed by atoms with Crippen LogP contribution in [0.5, 0.6) is 0 Å². The smallest absolute Gasteiger partial charge is 0.0624 e. The predicted octanol–water partition coefficient (Wildman–Crippen LogP) is 1.80. The van der Waals surface area contributed by atoms with E-state index in [2.05, 4.69) is 26.1 Å². The first-order valence-corrected chi connectivity index (χ1v) is 7.70. The first-order valence-electron chi connectivity index (χ1n) is 6.21. The average molecular weight is 249 g/mol. The van der Waals surface area contributed by atoms with Gasteiger partial charge in [-0.15, -0.1) is 0 Å². The van der Waals surface area contributed by atoms with Gasteiger partial charge in [0.05, 0.1) is 6.61 Å². The molecule has 0 aromatic rings. The molecular weight excluding hydrogens is 222 g/mol. The van der Waals surface area contributed by atoms with Crippen LogP contribution in [0.15, 0.2) is 0 Å². The fraction of sp³-hybridized carbons (Fsp3) is 1.00. The first-order chi connectivity index (χ1) is 7.63. The molecule has 0 saturated heterocycles. The molecule has 0 aliphatic heterocycles. The molecule has 16 heavy (non-hydrogen) atoms. The summed E-state index contributed by atoms with van der Waals surface area (Å²) in [7, 11) is 0.965. The number of hydrogen-bond acceptors (Lipinski definition) is 3. The quantitative estimate of drug-likeness (QED) is 0.641. The Morgan fingerprint density at radius 2 is 2.00 bits per heavy atom. The largest absolute Gasteiger partial charge is 0.383 e. The highest BCUT2D eigenvalue weighted by molar-refractivity contribution is 7.85. The van der Waals surface area contributed by atoms with Crippen molar-refractivity contribution in [3.05, 3.63) is 0 Å². The third-order valence-electron chi connectivity index (χ3n) is 2.61. The van der Waals surface area contributed by atoms with Crippen LogP contribution in [-0.2, 0) is 15.5 Å². The molecule has 3 nitrogen and oxygen atoms in total. The fourth-order valence-electron chi connectivity index (χ4n) is 1.44. The van der Waals surface area contributed by atoms with E-state index in [1.807, 2.05) is 0 Å². The molecular formula is C12H27NO2S. The molecule has 3 atom stereocenters. The van der Waals surface area contributed by atoms with E-state index in [9.17, 15) is 4.21 Å². The SMILES string of the molecule is CCCNC(COC)CS(=O)CC(C)CC. The van der Waals surface area contributed by atoms with Crippen LogP contribution in [0.3, 0.4) is 0 Å². The molecule has 98 valence electrons. The lowest BCUT2D eigenvalue weighted by molar-refractivity contribution is 0.173. The molecule has 0 heterocycles. The minimum Gasteiger partial charge on any atom is -0.383 e. The van der Waals surface area contributed by atoms with E-state index in [1.165, 1.54) is 0 Å². The zero-order valence-electron chi connectivity index (χ0n) is 11.1. The molecule has 0 aliphatic rings. The van der Waals surface area contributed by atoms with Crippen LogP contribution in [0.2, 0.25) is 0 Å². The van der Waals surface area contributed by atoms with Gasteiger partial charge >= 0.3 is 0 Å². The minimum absolute atomic E-state index is 0.231. The average Bonchev–Trinajstić information content (AvgIpc) is 2.25. The minimum atomic E-state index is -0.728. The Kier molecular flexibility index (Phi) is 10.3. The van der Waals surface area contributed by atoms with Gasteiger partial charge in [0, 0.05) is 35.5 Å². The van der Waals surface area contributed by atoms with Crippen molar-refractivity contribution in [1.82, 2.24) is 5.32 Å². The lowest BCUT2D eigenvalue weighted by Crippen LogP contribution is -2.39. The Morgan fingerprint density at radius 1 is 1.31 bits per heavy atom. The van der Waals surface area contributed by atoms with Crippen molar-refractivity contribution >= 4 is 10.8 Å². The summed E-state index contributed by atoms with van der Waals surface area (Å²) in [6.07, 6.45) is 2.20. The molecule has 0 aromatic carbocycles. The topological polar surface area (TPSA) is 38.3 Å². The molecule has 0 amide bonds. The van der Waals surface area contributed by atoms with E-state index in [4.69, 9.17) is 4.74 Å². The van der Waals surface area contributed by atoms with E-state index in [-0.39, 0.29) is 6.04 Å². The van der Waals surface area contributed by atoms with Gasteiger partial charge in [0.15, 0.2) is 0 Å². The third-order valence-corrected chi connectivity index (χ3v) is 4.32. The molecule has 0 bridgehead atoms. The van der Waals surface area contributed by atoms with Gasteiger partial charge in [0.25, 0.3) is 0 Å². The second-order valence-corrected chi connectivity index (χ2v) is 5.94. The van der Waals surface area contributed by atoms with Crippen molar-refractivity contribution < 1.29 is 8.95 Å². The lowest BCUT2D eigenvalue weighted by Gasteiger charge is -2.18. The number of nitrogens with one attached hydrogen (secondary N) is 1. The fourth-order valence-corrected chi connectivity index (χ4v) is 3.11. The maximum absolute atomic E-state index is 11.9. The third kappa shape index (κ3) is 8.25. The van der Waals surface area contributed by atoms with Crippen molar-refractivity contribution in [2.45, 2.75) is 39.7 Å². The van der Waals surface area contributed by atoms with Gasteiger partial charge in [0.2, 0.25) is 0 Å². The summed E-state index contributed by atoms with van der Waals surface area (Å²) < 4.78 is 17.0. The van der Waals surface area contributed by atoms with E-state index in [0.29, 0.717) is 18.3 Å². The summed E-state index contributed by atoms with van der Waals surface area (Å²) >= 11 is 0. The van der Waals surface area contributed by atoms with Crippen molar-refractivity contribution in [2.75, 3.05) is 31.8 Å². The Morgan fingerprint density at radius 3 is 2.50 bits per heavy atom. The van der Waals surface area contributed by atoms with Gasteiger partial charge in [-0.25, -0.2) is 0 Å². The van der Waals surface area contributed by atoms with Crippen molar-refractivity contribution in [3.8, 4) is 0 Å². The van der Waals surface area contributed by atoms with Crippen LogP contribution in [0.25, 0.3) is 0 Å². The second-order valence-electron chi connectivity index (χ2n) is 4.39. The summed E-state index contributed by atoms with van der Waals surface area (Å²) in [5.41, 5.74) is 0. The highest BCUT2D eigenvalue weighted by Gasteiger charge is 2.13. The van der Waals surface area contributed by atoms with Crippen LogP contribution < -0.4 is 5.32 Å². The molecule has 0 radical (unpaired) electrons. The zero-order chi connectivity index (χ0) is 12.4. The highest BCUT2D eigenvalue weighted by atomic mass is 32.2. The standard InChI is InChI=1S/C12H27NO2S/c1-5-7-13-12(8-15-4)10-16(14)9-11(3)6-2/h11-13H,5-10H2,1-4H3. The van der Waals surface area contributed by atoms with E-state index >= 15 is 0 Å². The van der Waals surface area contributed by atoms with Crippen LogP contribution in [0, 0.1) is 5.92 Å². The van der Waals surface area contributed by atoms with E-state index in [0.717, 1.165) is 25.1 Å². The summed E-state index contributed by atoms with van der Waals surface area (Å²) in [6, 6.07) is 0.231. The Labute approximate surface area is 103 Å². The number of methoxy groups -OCH3 is 1. The molecule has 0 aromatic heterocycles. The van der Waals surface area contributed by atoms with Gasteiger partial charge in [-0.2, -0.15) is 0 Å². The Balaban J connectivity index is 3.91. The molecule has 0 fully saturated rings. The maximum atomic E-state index is 11.9. The zero-order valence-corrected chi connectivity index (χ0v) is 11.9. The first kappa shape index (κ1) is 16.1. The maximum Gasteiger partial charge on any atom is 0.0624 e. The molecule has 0 aliphatic carbocycles. The monoisotopic (exact) mass is 249 g/mol. The highest BCUT2D eigenvalue weighted by Crippen LogP contribution is 2.04. The molecule has 0 saturated carbocycles. The van der Waals surface area contributed by atoms with Gasteiger partial charge in [-0.05, 0) is 18.9 Å². The van der Waals surface area contributed by atoms with Crippen molar-refractivity contribution in [3.63, 3.8) is 0 Å². The molecule has 3 unspecified atom stereocenters. The van der Waals surface area contributed by atoms with Crippen molar-refractivity contribution in [2.24, 2.45) is 5.92 Å². The normalized spacial score (nSPS) is 17.0. The summed E-state index contributed by atoms with van der Waals surface area (Å²) in [6.45, 7) is 8.04. The van der Waals surface area contributed by atoms with Crippen LogP contribution >= 0.6 is 0 Å². The summed E-state index contributed by atoms with van der Waals surface area (Å²) in [4.78, 5) is 0. The number of rotatable bonds is 10. The van der Waals surface area contributed by atoms with Crippen LogP contribution in [0.1, 0.15) is 33.6 Å². The Bertz CT molecular complexity index is 188. The molecule has 0 rings (SSSR count). The van der Waals surface area contributed by atoms with Gasteiger partial charge in [-0.1, -0.05) is 27.2 Å². The van der Waals surface area contributed by atoms with E-state index < -0.39 is 10.8 Å². The lowest BCUT2D eigenvalue weighted by atomic mass is 10.2. The van der Waals surface area contributed by atoms with Crippen LogP contribution in [0.4, 0.5) is 0 Å². The summed E-state index contributed by atoms with van der Waals surface area (Å²) in [5, 5.41) is 3.37. The van der Waals surface area contributed by atoms with Gasteiger partial charge in [-0.3, -0.25) is 4.21 Å². The van der Waals surface area contributed by atoms with Gasteiger partial charge in [0.1, 0.15) is 0 Å². The summed E-state index contributed by atoms with van der Waals surface area (Å²) in [5.74, 6) is 2.07. The van der Waals surface area contributed by atoms with Crippen LogP contribution in [-0.4, -0.2) is 42.0 Å². The van der Waals surface area contributed by atoms with Crippen molar-refractivity contribution in [1.29, 1.82) is 0 Å². The second kappa shape index (κ2) is 10.2. The van der Waals surface area contributed by atoms with Gasteiger partial charge < -0.3 is 10.1 Å². The number of hydrogen-bond donors (Lipinski definition) is 1. The molecule has 1 N–H and O–H groups in total. The predicted molar refractivity (Wildman–Crippen MR) is 71.3 cm³/mol. The number of ether oxygens (including phenoxy) is 1. The van der Waals surface area contributed by atoms with E-state index in [1.54, 1.807) is 7.11 Å².